The molecule has 0 radical (unpaired) electrons. The SMILES string of the molecule is CCC(C[N+](=O)[O-])NC(=O)[C@H](Cc1ccccc1)NC(=O)OC(C)(C)C. The first-order valence-corrected chi connectivity index (χ1v) is 8.56. The number of benzene rings is 1. The number of alkyl carbamates (subject to hydrolysis) is 1. The van der Waals surface area contributed by atoms with E-state index in [0.717, 1.165) is 5.56 Å². The zero-order valence-corrected chi connectivity index (χ0v) is 15.7. The molecule has 0 saturated heterocycles. The molecule has 2 N–H and O–H groups in total. The molecule has 8 heteroatoms. The molecule has 0 aliphatic heterocycles. The third kappa shape index (κ3) is 8.46. The molecule has 0 aliphatic rings. The first kappa shape index (κ1) is 21.4. The number of ether oxygens (including phenoxy) is 1. The summed E-state index contributed by atoms with van der Waals surface area (Å²) in [5.41, 5.74) is 0.154. The lowest BCUT2D eigenvalue weighted by Gasteiger charge is -2.24. The van der Waals surface area contributed by atoms with Crippen LogP contribution in [0.4, 0.5) is 4.79 Å². The molecule has 144 valence electrons. The van der Waals surface area contributed by atoms with Crippen molar-refractivity contribution in [2.45, 2.75) is 58.2 Å². The van der Waals surface area contributed by atoms with Crippen LogP contribution in [0, 0.1) is 10.1 Å². The summed E-state index contributed by atoms with van der Waals surface area (Å²) in [5.74, 6) is -0.478. The highest BCUT2D eigenvalue weighted by Gasteiger charge is 2.27. The van der Waals surface area contributed by atoms with Gasteiger partial charge in [0.15, 0.2) is 0 Å². The fourth-order valence-electron chi connectivity index (χ4n) is 2.27. The lowest BCUT2D eigenvalue weighted by atomic mass is 10.0. The van der Waals surface area contributed by atoms with Crippen molar-refractivity contribution in [1.82, 2.24) is 10.6 Å². The molecule has 0 spiro atoms. The maximum Gasteiger partial charge on any atom is 0.408 e. The number of nitrogens with zero attached hydrogens (tertiary/aromatic N) is 1. The van der Waals surface area contributed by atoms with Gasteiger partial charge < -0.3 is 15.4 Å². The number of hydrogen-bond acceptors (Lipinski definition) is 5. The van der Waals surface area contributed by atoms with E-state index in [1.807, 2.05) is 30.3 Å². The predicted octanol–water partition coefficient (Wildman–Crippen LogP) is 2.29. The Morgan fingerprint density at radius 3 is 2.31 bits per heavy atom. The lowest BCUT2D eigenvalue weighted by molar-refractivity contribution is -0.483. The number of hydrogen-bond donors (Lipinski definition) is 2. The predicted molar refractivity (Wildman–Crippen MR) is 97.4 cm³/mol. The van der Waals surface area contributed by atoms with E-state index in [1.54, 1.807) is 27.7 Å². The number of rotatable bonds is 8. The average Bonchev–Trinajstić information content (AvgIpc) is 2.52. The van der Waals surface area contributed by atoms with Gasteiger partial charge in [-0.15, -0.1) is 0 Å². The van der Waals surface area contributed by atoms with Gasteiger partial charge in [0.25, 0.3) is 0 Å². The van der Waals surface area contributed by atoms with Crippen molar-refractivity contribution < 1.29 is 19.2 Å². The molecule has 1 unspecified atom stereocenters. The topological polar surface area (TPSA) is 111 Å². The molecule has 0 fully saturated rings. The van der Waals surface area contributed by atoms with Crippen LogP contribution in [0.15, 0.2) is 30.3 Å². The summed E-state index contributed by atoms with van der Waals surface area (Å²) in [6, 6.07) is 7.70. The lowest BCUT2D eigenvalue weighted by Crippen LogP contribution is -2.52. The molecule has 0 bridgehead atoms. The van der Waals surface area contributed by atoms with E-state index in [1.165, 1.54) is 0 Å². The van der Waals surface area contributed by atoms with E-state index in [4.69, 9.17) is 4.74 Å². The molecule has 8 nitrogen and oxygen atoms in total. The van der Waals surface area contributed by atoms with E-state index in [2.05, 4.69) is 10.6 Å². The smallest absolute Gasteiger partial charge is 0.408 e. The summed E-state index contributed by atoms with van der Waals surface area (Å²) in [4.78, 5) is 34.9. The van der Waals surface area contributed by atoms with Gasteiger partial charge in [-0.05, 0) is 32.8 Å². The number of nitrogens with one attached hydrogen (secondary N) is 2. The van der Waals surface area contributed by atoms with Gasteiger partial charge >= 0.3 is 6.09 Å². The van der Waals surface area contributed by atoms with Crippen LogP contribution in [0.3, 0.4) is 0 Å². The minimum Gasteiger partial charge on any atom is -0.444 e. The van der Waals surface area contributed by atoms with Crippen molar-refractivity contribution in [3.8, 4) is 0 Å². The molecule has 1 rings (SSSR count). The van der Waals surface area contributed by atoms with Gasteiger partial charge in [0.05, 0.1) is 6.04 Å². The van der Waals surface area contributed by atoms with Crippen molar-refractivity contribution in [2.75, 3.05) is 6.54 Å². The highest BCUT2D eigenvalue weighted by molar-refractivity contribution is 5.86. The van der Waals surface area contributed by atoms with Crippen LogP contribution >= 0.6 is 0 Å². The second kappa shape index (κ2) is 9.74. The highest BCUT2D eigenvalue weighted by atomic mass is 16.6. The van der Waals surface area contributed by atoms with Gasteiger partial charge in [-0.3, -0.25) is 14.9 Å². The summed E-state index contributed by atoms with van der Waals surface area (Å²) < 4.78 is 5.21. The van der Waals surface area contributed by atoms with E-state index >= 15 is 0 Å². The second-order valence-corrected chi connectivity index (χ2v) is 7.02. The van der Waals surface area contributed by atoms with Crippen molar-refractivity contribution >= 4 is 12.0 Å². The molecule has 1 aromatic carbocycles. The summed E-state index contributed by atoms with van der Waals surface area (Å²) >= 11 is 0. The van der Waals surface area contributed by atoms with Crippen molar-refractivity contribution in [2.24, 2.45) is 0 Å². The molecule has 2 amide bonds. The second-order valence-electron chi connectivity index (χ2n) is 7.02. The summed E-state index contributed by atoms with van der Waals surface area (Å²) in [7, 11) is 0. The third-order valence-electron chi connectivity index (χ3n) is 3.50. The normalized spacial score (nSPS) is 13.4. The molecule has 1 aromatic rings. The van der Waals surface area contributed by atoms with Gasteiger partial charge in [-0.1, -0.05) is 37.3 Å². The van der Waals surface area contributed by atoms with Crippen molar-refractivity contribution in [1.29, 1.82) is 0 Å². The molecule has 0 aromatic heterocycles. The zero-order valence-electron chi connectivity index (χ0n) is 15.7. The molecular weight excluding hydrogens is 338 g/mol. The minimum atomic E-state index is -0.895. The van der Waals surface area contributed by atoms with Gasteiger partial charge in [-0.2, -0.15) is 0 Å². The van der Waals surface area contributed by atoms with Crippen LogP contribution in [0.5, 0.6) is 0 Å². The standard InChI is InChI=1S/C18H27N3O5/c1-5-14(12-21(24)25)19-16(22)15(11-13-9-7-6-8-10-13)20-17(23)26-18(2,3)4/h6-10,14-15H,5,11-12H2,1-4H3,(H,19,22)(H,20,23)/t14?,15-/m0/s1. The number of carbonyl (C=O) groups is 2. The average molecular weight is 365 g/mol. The van der Waals surface area contributed by atoms with Crippen LogP contribution in [0.25, 0.3) is 0 Å². The van der Waals surface area contributed by atoms with Crippen molar-refractivity contribution in [3.05, 3.63) is 46.0 Å². The number of carbonyl (C=O) groups excluding carboxylic acids is 2. The molecule has 2 atom stereocenters. The Kier molecular flexibility index (Phi) is 8.02. The van der Waals surface area contributed by atoms with Gasteiger partial charge in [0, 0.05) is 11.3 Å². The molecule has 0 aliphatic carbocycles. The van der Waals surface area contributed by atoms with Gasteiger partial charge in [-0.25, -0.2) is 4.79 Å². The maximum atomic E-state index is 12.6. The number of nitro groups is 1. The van der Waals surface area contributed by atoms with Crippen molar-refractivity contribution in [3.63, 3.8) is 0 Å². The first-order chi connectivity index (χ1) is 12.1. The van der Waals surface area contributed by atoms with E-state index in [0.29, 0.717) is 6.42 Å². The fraction of sp³-hybridized carbons (Fsp3) is 0.556. The highest BCUT2D eigenvalue weighted by Crippen LogP contribution is 2.09. The summed E-state index contributed by atoms with van der Waals surface area (Å²) in [6.45, 7) is 6.56. The molecule has 0 saturated carbocycles. The summed E-state index contributed by atoms with van der Waals surface area (Å²) in [6.07, 6.45) is -0.0474. The summed E-state index contributed by atoms with van der Waals surface area (Å²) in [5, 5.41) is 15.9. The maximum absolute atomic E-state index is 12.6. The Morgan fingerprint density at radius 1 is 1.19 bits per heavy atom. The van der Waals surface area contributed by atoms with Crippen LogP contribution in [-0.4, -0.2) is 41.2 Å². The Morgan fingerprint density at radius 2 is 1.81 bits per heavy atom. The quantitative estimate of drug-likeness (QED) is 0.542. The zero-order chi connectivity index (χ0) is 19.7. The van der Waals surface area contributed by atoms with Crippen LogP contribution < -0.4 is 10.6 Å². The Balaban J connectivity index is 2.86. The van der Waals surface area contributed by atoms with E-state index < -0.39 is 34.6 Å². The third-order valence-corrected chi connectivity index (χ3v) is 3.50. The number of amides is 2. The largest absolute Gasteiger partial charge is 0.444 e. The van der Waals surface area contributed by atoms with Crippen LogP contribution in [0.2, 0.25) is 0 Å². The monoisotopic (exact) mass is 365 g/mol. The van der Waals surface area contributed by atoms with Gasteiger partial charge in [0.1, 0.15) is 11.6 Å². The first-order valence-electron chi connectivity index (χ1n) is 8.56. The Hall–Kier alpha value is -2.64. The van der Waals surface area contributed by atoms with Gasteiger partial charge in [0.2, 0.25) is 12.5 Å². The minimum absolute atomic E-state index is 0.251. The Bertz CT molecular complexity index is 613. The fourth-order valence-corrected chi connectivity index (χ4v) is 2.27. The van der Waals surface area contributed by atoms with E-state index in [9.17, 15) is 19.7 Å². The molecular formula is C18H27N3O5. The van der Waals surface area contributed by atoms with E-state index in [-0.39, 0.29) is 13.0 Å². The molecule has 26 heavy (non-hydrogen) atoms. The van der Waals surface area contributed by atoms with Crippen LogP contribution in [0.1, 0.15) is 39.7 Å². The van der Waals surface area contributed by atoms with Crippen LogP contribution in [-0.2, 0) is 16.0 Å². The Labute approximate surface area is 153 Å². The molecule has 0 heterocycles.